The second-order valence-corrected chi connectivity index (χ2v) is 8.28. The minimum Gasteiger partial charge on any atom is -0.481 e. The van der Waals surface area contributed by atoms with Gasteiger partial charge in [-0.3, -0.25) is 9.59 Å². The maximum Gasteiger partial charge on any atom is 0.308 e. The number of amides is 1. The largest absolute Gasteiger partial charge is 0.481 e. The normalized spacial score (nSPS) is 17.2. The van der Waals surface area contributed by atoms with Gasteiger partial charge in [-0.1, -0.05) is 29.8 Å². The number of carbonyl (C=O) groups is 2. The number of carboxylic acids is 1. The van der Waals surface area contributed by atoms with Crippen molar-refractivity contribution in [2.24, 2.45) is 5.92 Å². The molecule has 3 aromatic rings. The SMILES string of the molecule is C[C@@H](Oc1ccc2c(-c3ccccc3Cl)cc(F)nc2c1)C(=O)N1CCC[C@H](C(=O)O)C1. The van der Waals surface area contributed by atoms with E-state index in [4.69, 9.17) is 16.3 Å². The first-order chi connectivity index (χ1) is 15.3. The fraction of sp³-hybridized carbons (Fsp3) is 0.292. The Morgan fingerprint density at radius 1 is 1.22 bits per heavy atom. The van der Waals surface area contributed by atoms with Gasteiger partial charge in [0.25, 0.3) is 5.91 Å². The number of halogens is 2. The first-order valence-corrected chi connectivity index (χ1v) is 10.7. The van der Waals surface area contributed by atoms with Crippen LogP contribution < -0.4 is 4.74 Å². The van der Waals surface area contributed by atoms with Crippen LogP contribution in [-0.4, -0.2) is 46.1 Å². The van der Waals surface area contributed by atoms with Gasteiger partial charge in [-0.05, 0) is 43.5 Å². The fourth-order valence-corrected chi connectivity index (χ4v) is 4.28. The van der Waals surface area contributed by atoms with E-state index >= 15 is 0 Å². The molecule has 1 saturated heterocycles. The second kappa shape index (κ2) is 9.12. The summed E-state index contributed by atoms with van der Waals surface area (Å²) in [4.78, 5) is 29.6. The standard InChI is InChI=1S/C24H22ClFN2O4/c1-14(23(29)28-10-4-5-15(13-28)24(30)31)32-16-8-9-18-19(12-22(26)27-21(18)11-16)17-6-2-3-7-20(17)25/h2-3,6-9,11-12,14-15H,4-5,10,13H2,1H3,(H,30,31)/t14-,15+/m1/s1. The molecule has 1 aliphatic heterocycles. The zero-order valence-corrected chi connectivity index (χ0v) is 18.2. The first kappa shape index (κ1) is 22.0. The topological polar surface area (TPSA) is 79.7 Å². The number of aromatic nitrogens is 1. The van der Waals surface area contributed by atoms with Crippen LogP contribution >= 0.6 is 11.6 Å². The van der Waals surface area contributed by atoms with E-state index in [9.17, 15) is 19.1 Å². The zero-order chi connectivity index (χ0) is 22.8. The van der Waals surface area contributed by atoms with Crippen molar-refractivity contribution in [2.45, 2.75) is 25.9 Å². The van der Waals surface area contributed by atoms with Crippen LogP contribution in [0, 0.1) is 11.9 Å². The monoisotopic (exact) mass is 456 g/mol. The molecule has 0 aliphatic carbocycles. The van der Waals surface area contributed by atoms with E-state index in [0.29, 0.717) is 52.2 Å². The van der Waals surface area contributed by atoms with Crippen LogP contribution in [0.1, 0.15) is 19.8 Å². The fourth-order valence-electron chi connectivity index (χ4n) is 4.04. The van der Waals surface area contributed by atoms with Gasteiger partial charge in [0, 0.05) is 41.2 Å². The van der Waals surface area contributed by atoms with E-state index in [1.165, 1.54) is 11.0 Å². The Bertz CT molecular complexity index is 1190. The number of rotatable bonds is 5. The number of hydrogen-bond acceptors (Lipinski definition) is 4. The van der Waals surface area contributed by atoms with Gasteiger partial charge < -0.3 is 14.7 Å². The highest BCUT2D eigenvalue weighted by Gasteiger charge is 2.31. The third-order valence-electron chi connectivity index (χ3n) is 5.66. The molecule has 1 aromatic heterocycles. The Kier molecular flexibility index (Phi) is 6.28. The molecule has 0 bridgehead atoms. The molecule has 32 heavy (non-hydrogen) atoms. The zero-order valence-electron chi connectivity index (χ0n) is 17.4. The number of likely N-dealkylation sites (tertiary alicyclic amines) is 1. The van der Waals surface area contributed by atoms with Crippen molar-refractivity contribution in [1.82, 2.24) is 9.88 Å². The molecule has 2 aromatic carbocycles. The highest BCUT2D eigenvalue weighted by atomic mass is 35.5. The number of nitrogens with zero attached hydrogens (tertiary/aromatic N) is 2. The minimum atomic E-state index is -0.895. The third kappa shape index (κ3) is 4.53. The molecule has 1 amide bonds. The van der Waals surface area contributed by atoms with Crippen molar-refractivity contribution in [3.8, 4) is 16.9 Å². The summed E-state index contributed by atoms with van der Waals surface area (Å²) in [6, 6.07) is 13.6. The summed E-state index contributed by atoms with van der Waals surface area (Å²) in [5.41, 5.74) is 1.68. The van der Waals surface area contributed by atoms with Crippen molar-refractivity contribution in [2.75, 3.05) is 13.1 Å². The number of pyridine rings is 1. The van der Waals surface area contributed by atoms with Gasteiger partial charge in [0.15, 0.2) is 6.10 Å². The average Bonchev–Trinajstić information content (AvgIpc) is 2.78. The van der Waals surface area contributed by atoms with Crippen LogP contribution in [0.5, 0.6) is 5.75 Å². The van der Waals surface area contributed by atoms with Gasteiger partial charge in [0.2, 0.25) is 5.95 Å². The van der Waals surface area contributed by atoms with Crippen molar-refractivity contribution < 1.29 is 23.8 Å². The molecule has 166 valence electrons. The number of ether oxygens (including phenoxy) is 1. The average molecular weight is 457 g/mol. The number of piperidine rings is 1. The van der Waals surface area contributed by atoms with E-state index in [1.807, 2.05) is 12.1 Å². The number of hydrogen-bond donors (Lipinski definition) is 1. The Balaban J connectivity index is 1.57. The van der Waals surface area contributed by atoms with Crippen molar-refractivity contribution in [3.63, 3.8) is 0 Å². The summed E-state index contributed by atoms with van der Waals surface area (Å²) in [5.74, 6) is -2.01. The predicted octanol–water partition coefficient (Wildman–Crippen LogP) is 4.78. The van der Waals surface area contributed by atoms with E-state index < -0.39 is 23.9 Å². The van der Waals surface area contributed by atoms with E-state index in [2.05, 4.69) is 4.98 Å². The van der Waals surface area contributed by atoms with Gasteiger partial charge in [-0.25, -0.2) is 4.98 Å². The van der Waals surface area contributed by atoms with Gasteiger partial charge in [-0.2, -0.15) is 4.39 Å². The lowest BCUT2D eigenvalue weighted by molar-refractivity contribution is -0.147. The third-order valence-corrected chi connectivity index (χ3v) is 5.99. The minimum absolute atomic E-state index is 0.174. The molecule has 0 saturated carbocycles. The molecule has 2 heterocycles. The van der Waals surface area contributed by atoms with Crippen molar-refractivity contribution in [3.05, 3.63) is 59.5 Å². The van der Waals surface area contributed by atoms with Gasteiger partial charge >= 0.3 is 5.97 Å². The Morgan fingerprint density at radius 3 is 2.75 bits per heavy atom. The summed E-state index contributed by atoms with van der Waals surface area (Å²) >= 11 is 6.30. The van der Waals surface area contributed by atoms with E-state index in [1.54, 1.807) is 37.3 Å². The molecule has 0 spiro atoms. The van der Waals surface area contributed by atoms with Crippen molar-refractivity contribution >= 4 is 34.4 Å². The molecule has 1 fully saturated rings. The number of carboxylic acid groups (broad SMARTS) is 1. The summed E-state index contributed by atoms with van der Waals surface area (Å²) in [5, 5.41) is 10.4. The van der Waals surface area contributed by atoms with Crippen LogP contribution in [0.3, 0.4) is 0 Å². The lowest BCUT2D eigenvalue weighted by Gasteiger charge is -2.32. The molecule has 1 N–H and O–H groups in total. The van der Waals surface area contributed by atoms with Crippen LogP contribution in [0.4, 0.5) is 4.39 Å². The van der Waals surface area contributed by atoms with Crippen molar-refractivity contribution in [1.29, 1.82) is 0 Å². The molecule has 4 rings (SSSR count). The Labute approximate surface area is 189 Å². The summed E-state index contributed by atoms with van der Waals surface area (Å²) < 4.78 is 20.1. The van der Waals surface area contributed by atoms with Crippen LogP contribution in [-0.2, 0) is 9.59 Å². The molecular weight excluding hydrogens is 435 g/mol. The molecule has 1 aliphatic rings. The Morgan fingerprint density at radius 2 is 2.00 bits per heavy atom. The maximum atomic E-state index is 14.3. The van der Waals surface area contributed by atoms with Crippen LogP contribution in [0.2, 0.25) is 5.02 Å². The quantitative estimate of drug-likeness (QED) is 0.558. The molecule has 2 atom stereocenters. The molecule has 0 radical (unpaired) electrons. The van der Waals surface area contributed by atoms with E-state index in [0.717, 1.165) is 0 Å². The Hall–Kier alpha value is -3.19. The predicted molar refractivity (Wildman–Crippen MR) is 119 cm³/mol. The van der Waals surface area contributed by atoms with Gasteiger partial charge in [0.05, 0.1) is 11.4 Å². The number of aliphatic carboxylic acids is 1. The summed E-state index contributed by atoms with van der Waals surface area (Å²) in [6.07, 6.45) is 0.375. The lowest BCUT2D eigenvalue weighted by Crippen LogP contribution is -2.47. The summed E-state index contributed by atoms with van der Waals surface area (Å²) in [6.45, 7) is 2.29. The van der Waals surface area contributed by atoms with Crippen LogP contribution in [0.25, 0.3) is 22.0 Å². The number of carbonyl (C=O) groups excluding carboxylic acids is 1. The summed E-state index contributed by atoms with van der Waals surface area (Å²) in [7, 11) is 0. The van der Waals surface area contributed by atoms with E-state index in [-0.39, 0.29) is 12.5 Å². The molecule has 6 nitrogen and oxygen atoms in total. The second-order valence-electron chi connectivity index (χ2n) is 7.87. The van der Waals surface area contributed by atoms with Gasteiger partial charge in [-0.15, -0.1) is 0 Å². The van der Waals surface area contributed by atoms with Crippen LogP contribution in [0.15, 0.2) is 48.5 Å². The first-order valence-electron chi connectivity index (χ1n) is 10.4. The van der Waals surface area contributed by atoms with Gasteiger partial charge in [0.1, 0.15) is 5.75 Å². The smallest absolute Gasteiger partial charge is 0.308 e. The maximum absolute atomic E-state index is 14.3. The number of fused-ring (bicyclic) bond motifs is 1. The highest BCUT2D eigenvalue weighted by Crippen LogP contribution is 2.34. The lowest BCUT2D eigenvalue weighted by atomic mass is 9.98. The number of benzene rings is 2. The highest BCUT2D eigenvalue weighted by molar-refractivity contribution is 6.33. The molecule has 8 heteroatoms. The molecular formula is C24H22ClFN2O4. The molecule has 0 unspecified atom stereocenters.